The van der Waals surface area contributed by atoms with E-state index in [0.29, 0.717) is 35.7 Å². The number of amides is 2. The number of rotatable bonds is 7. The van der Waals surface area contributed by atoms with Gasteiger partial charge in [-0.1, -0.05) is 43.3 Å². The van der Waals surface area contributed by atoms with Crippen molar-refractivity contribution in [2.24, 2.45) is 0 Å². The number of ether oxygens (including phenoxy) is 1. The summed E-state index contributed by atoms with van der Waals surface area (Å²) in [5, 5.41) is 5.75. The average molecular weight is 388 g/mol. The molecule has 148 valence electrons. The van der Waals surface area contributed by atoms with Gasteiger partial charge in [0.1, 0.15) is 12.4 Å². The van der Waals surface area contributed by atoms with Gasteiger partial charge >= 0.3 is 0 Å². The van der Waals surface area contributed by atoms with Crippen molar-refractivity contribution in [1.29, 1.82) is 0 Å². The van der Waals surface area contributed by atoms with Crippen molar-refractivity contribution in [2.75, 3.05) is 10.6 Å². The Labute approximate surface area is 170 Å². The third-order valence-electron chi connectivity index (χ3n) is 4.54. The van der Waals surface area contributed by atoms with Crippen LogP contribution in [0.1, 0.15) is 34.8 Å². The predicted molar refractivity (Wildman–Crippen MR) is 115 cm³/mol. The van der Waals surface area contributed by atoms with E-state index in [1.807, 2.05) is 49.4 Å². The number of nitrogens with one attached hydrogen (secondary N) is 2. The van der Waals surface area contributed by atoms with Gasteiger partial charge in [-0.05, 0) is 54.4 Å². The monoisotopic (exact) mass is 388 g/mol. The van der Waals surface area contributed by atoms with E-state index in [0.717, 1.165) is 11.1 Å². The molecule has 0 saturated carbocycles. The van der Waals surface area contributed by atoms with E-state index in [9.17, 15) is 9.59 Å². The lowest BCUT2D eigenvalue weighted by Gasteiger charge is -2.13. The number of benzene rings is 3. The van der Waals surface area contributed by atoms with Crippen LogP contribution in [0.5, 0.6) is 5.75 Å². The van der Waals surface area contributed by atoms with E-state index in [-0.39, 0.29) is 11.8 Å². The molecule has 0 saturated heterocycles. The normalized spacial score (nSPS) is 10.3. The Kier molecular flexibility index (Phi) is 6.63. The zero-order chi connectivity index (χ0) is 20.6. The fourth-order valence-corrected chi connectivity index (χ4v) is 2.78. The molecule has 0 aliphatic heterocycles. The van der Waals surface area contributed by atoms with Crippen LogP contribution in [-0.4, -0.2) is 11.8 Å². The van der Waals surface area contributed by atoms with Crippen molar-refractivity contribution < 1.29 is 14.3 Å². The predicted octanol–water partition coefficient (Wildman–Crippen LogP) is 5.17. The molecule has 2 amide bonds. The van der Waals surface area contributed by atoms with Crippen molar-refractivity contribution in [3.8, 4) is 5.75 Å². The van der Waals surface area contributed by atoms with Crippen LogP contribution >= 0.6 is 0 Å². The van der Waals surface area contributed by atoms with Crippen LogP contribution in [0.4, 0.5) is 11.4 Å². The molecule has 3 aromatic carbocycles. The maximum atomic E-state index is 12.6. The highest BCUT2D eigenvalue weighted by molar-refractivity contribution is 6.05. The summed E-state index contributed by atoms with van der Waals surface area (Å²) in [6.45, 7) is 4.13. The quantitative estimate of drug-likeness (QED) is 0.586. The minimum Gasteiger partial charge on any atom is -0.489 e. The summed E-state index contributed by atoms with van der Waals surface area (Å²) < 4.78 is 5.76. The summed E-state index contributed by atoms with van der Waals surface area (Å²) in [6.07, 6.45) is 0.398. The Bertz CT molecular complexity index is 983. The largest absolute Gasteiger partial charge is 0.489 e. The summed E-state index contributed by atoms with van der Waals surface area (Å²) in [5.41, 5.74) is 3.78. The first-order valence-electron chi connectivity index (χ1n) is 9.54. The number of hydrogen-bond acceptors (Lipinski definition) is 3. The minimum absolute atomic E-state index is 0.0670. The van der Waals surface area contributed by atoms with Crippen LogP contribution in [0.25, 0.3) is 0 Å². The van der Waals surface area contributed by atoms with Crippen LogP contribution in [0.15, 0.2) is 72.8 Å². The third kappa shape index (κ3) is 5.45. The Morgan fingerprint density at radius 3 is 2.14 bits per heavy atom. The highest BCUT2D eigenvalue weighted by Gasteiger charge is 2.11. The Morgan fingerprint density at radius 1 is 0.828 bits per heavy atom. The number of carbonyl (C=O) groups excluding carboxylic acids is 2. The summed E-state index contributed by atoms with van der Waals surface area (Å²) in [6, 6.07) is 22.4. The molecule has 0 aromatic heterocycles. The molecule has 0 heterocycles. The second-order valence-electron chi connectivity index (χ2n) is 6.63. The molecule has 0 fully saturated rings. The Morgan fingerprint density at radius 2 is 1.48 bits per heavy atom. The fraction of sp³-hybridized carbons (Fsp3) is 0.167. The van der Waals surface area contributed by atoms with Crippen LogP contribution in [0.2, 0.25) is 0 Å². The molecular formula is C24H24N2O3. The molecule has 0 aliphatic carbocycles. The van der Waals surface area contributed by atoms with Crippen molar-refractivity contribution in [1.82, 2.24) is 0 Å². The maximum absolute atomic E-state index is 12.6. The smallest absolute Gasteiger partial charge is 0.255 e. The summed E-state index contributed by atoms with van der Waals surface area (Å²) >= 11 is 0. The van der Waals surface area contributed by atoms with Gasteiger partial charge in [0.25, 0.3) is 5.91 Å². The lowest BCUT2D eigenvalue weighted by atomic mass is 10.1. The highest BCUT2D eigenvalue weighted by atomic mass is 16.5. The topological polar surface area (TPSA) is 67.4 Å². The SMILES string of the molecule is CCC(=O)Nc1cccc(NC(=O)c2ccc(OCc3ccccc3)cc2)c1C. The highest BCUT2D eigenvalue weighted by Crippen LogP contribution is 2.24. The van der Waals surface area contributed by atoms with Gasteiger partial charge in [-0.25, -0.2) is 0 Å². The van der Waals surface area contributed by atoms with E-state index in [1.165, 1.54) is 0 Å². The molecule has 0 spiro atoms. The van der Waals surface area contributed by atoms with Gasteiger partial charge in [0.05, 0.1) is 0 Å². The van der Waals surface area contributed by atoms with Gasteiger partial charge in [-0.15, -0.1) is 0 Å². The first kappa shape index (κ1) is 20.1. The summed E-state index contributed by atoms with van der Waals surface area (Å²) in [5.74, 6) is 0.412. The maximum Gasteiger partial charge on any atom is 0.255 e. The van der Waals surface area contributed by atoms with Gasteiger partial charge in [0, 0.05) is 23.4 Å². The average Bonchev–Trinajstić information content (AvgIpc) is 2.76. The molecule has 5 heteroatoms. The number of carbonyl (C=O) groups is 2. The van der Waals surface area contributed by atoms with Crippen molar-refractivity contribution in [3.63, 3.8) is 0 Å². The van der Waals surface area contributed by atoms with E-state index >= 15 is 0 Å². The summed E-state index contributed by atoms with van der Waals surface area (Å²) in [4.78, 5) is 24.3. The molecule has 0 aliphatic rings. The van der Waals surface area contributed by atoms with Gasteiger partial charge in [-0.2, -0.15) is 0 Å². The molecule has 0 bridgehead atoms. The Balaban J connectivity index is 1.63. The molecule has 0 radical (unpaired) electrons. The molecule has 3 rings (SSSR count). The first-order valence-corrected chi connectivity index (χ1v) is 9.54. The van der Waals surface area contributed by atoms with Crippen LogP contribution in [0.3, 0.4) is 0 Å². The molecular weight excluding hydrogens is 364 g/mol. The number of anilines is 2. The van der Waals surface area contributed by atoms with Gasteiger partial charge in [0.2, 0.25) is 5.91 Å². The van der Waals surface area contributed by atoms with Crippen LogP contribution < -0.4 is 15.4 Å². The number of hydrogen-bond donors (Lipinski definition) is 2. The van der Waals surface area contributed by atoms with Crippen molar-refractivity contribution in [3.05, 3.63) is 89.5 Å². The van der Waals surface area contributed by atoms with E-state index in [1.54, 1.807) is 37.3 Å². The second-order valence-corrected chi connectivity index (χ2v) is 6.63. The molecule has 3 aromatic rings. The van der Waals surface area contributed by atoms with E-state index in [2.05, 4.69) is 10.6 Å². The van der Waals surface area contributed by atoms with Gasteiger partial charge < -0.3 is 15.4 Å². The third-order valence-corrected chi connectivity index (χ3v) is 4.54. The van der Waals surface area contributed by atoms with Crippen molar-refractivity contribution >= 4 is 23.2 Å². The van der Waals surface area contributed by atoms with Crippen molar-refractivity contribution in [2.45, 2.75) is 26.9 Å². The van der Waals surface area contributed by atoms with Gasteiger partial charge in [-0.3, -0.25) is 9.59 Å². The fourth-order valence-electron chi connectivity index (χ4n) is 2.78. The van der Waals surface area contributed by atoms with E-state index < -0.39 is 0 Å². The Hall–Kier alpha value is -3.60. The zero-order valence-corrected chi connectivity index (χ0v) is 16.6. The van der Waals surface area contributed by atoms with E-state index in [4.69, 9.17) is 4.74 Å². The second kappa shape index (κ2) is 9.55. The molecule has 5 nitrogen and oxygen atoms in total. The lowest BCUT2D eigenvalue weighted by molar-refractivity contribution is -0.115. The molecule has 0 unspecified atom stereocenters. The van der Waals surface area contributed by atoms with Gasteiger partial charge in [0.15, 0.2) is 0 Å². The minimum atomic E-state index is -0.221. The lowest BCUT2D eigenvalue weighted by Crippen LogP contribution is -2.15. The molecule has 29 heavy (non-hydrogen) atoms. The summed E-state index contributed by atoms with van der Waals surface area (Å²) in [7, 11) is 0. The molecule has 2 N–H and O–H groups in total. The van der Waals surface area contributed by atoms with Crippen LogP contribution in [-0.2, 0) is 11.4 Å². The van der Waals surface area contributed by atoms with Crippen LogP contribution in [0, 0.1) is 6.92 Å². The standard InChI is InChI=1S/C24H24N2O3/c1-3-23(27)25-21-10-7-11-22(17(21)2)26-24(28)19-12-14-20(15-13-19)29-16-18-8-5-4-6-9-18/h4-15H,3,16H2,1-2H3,(H,25,27)(H,26,28). The zero-order valence-electron chi connectivity index (χ0n) is 16.6. The molecule has 0 atom stereocenters. The first-order chi connectivity index (χ1) is 14.1.